The van der Waals surface area contributed by atoms with E-state index in [1.807, 2.05) is 0 Å². The Morgan fingerprint density at radius 2 is 1.78 bits per heavy atom. The van der Waals surface area contributed by atoms with Crippen molar-refractivity contribution in [3.05, 3.63) is 64.4 Å². The highest BCUT2D eigenvalue weighted by atomic mass is 35.5. The lowest BCUT2D eigenvalue weighted by Crippen LogP contribution is -2.34. The summed E-state index contributed by atoms with van der Waals surface area (Å²) < 4.78 is 60.1. The van der Waals surface area contributed by atoms with Crippen LogP contribution in [-0.4, -0.2) is 24.7 Å². The Bertz CT molecular complexity index is 1000. The van der Waals surface area contributed by atoms with Crippen molar-refractivity contribution in [3.63, 3.8) is 0 Å². The van der Waals surface area contributed by atoms with Gasteiger partial charge in [-0.2, -0.15) is 13.2 Å². The van der Waals surface area contributed by atoms with E-state index in [-0.39, 0.29) is 17.9 Å². The zero-order chi connectivity index (χ0) is 23.7. The van der Waals surface area contributed by atoms with E-state index in [0.717, 1.165) is 13.0 Å². The zero-order valence-corrected chi connectivity index (χ0v) is 18.2. The second-order valence-corrected chi connectivity index (χ2v) is 8.54. The molecule has 0 aliphatic heterocycles. The standard InChI is InChI=1S/C23H22ClF4NO3/c1-13(23(26,27)28)20(15-3-6-17(24)7-4-15)21(31)29-19-11-16(5-8-18(19)25)22(9-10-22)12-32-14(2)30/h3-8,11,13,20H,9-10,12H2,1-2H3,(H,29,31)/t13-,20+/m1/s1. The summed E-state index contributed by atoms with van der Waals surface area (Å²) in [4.78, 5) is 24.1. The number of nitrogens with one attached hydrogen (secondary N) is 1. The largest absolute Gasteiger partial charge is 0.465 e. The SMILES string of the molecule is CC(=O)OCC1(c2ccc(F)c(NC(=O)[C@H](c3ccc(Cl)cc3)[C@@H](C)C(F)(F)F)c2)CC1. The van der Waals surface area contributed by atoms with Crippen LogP contribution < -0.4 is 5.32 Å². The van der Waals surface area contributed by atoms with Crippen molar-refractivity contribution in [2.45, 2.75) is 44.2 Å². The molecule has 0 saturated heterocycles. The lowest BCUT2D eigenvalue weighted by Gasteiger charge is -2.26. The first kappa shape index (κ1) is 24.0. The molecule has 2 atom stereocenters. The van der Waals surface area contributed by atoms with Crippen LogP contribution in [0.4, 0.5) is 23.2 Å². The number of esters is 1. The van der Waals surface area contributed by atoms with Crippen LogP contribution in [-0.2, 0) is 19.7 Å². The van der Waals surface area contributed by atoms with Crippen LogP contribution in [0.3, 0.4) is 0 Å². The van der Waals surface area contributed by atoms with Crippen molar-refractivity contribution in [3.8, 4) is 0 Å². The molecule has 0 spiro atoms. The van der Waals surface area contributed by atoms with Crippen molar-refractivity contribution in [1.29, 1.82) is 0 Å². The van der Waals surface area contributed by atoms with Crippen molar-refractivity contribution >= 4 is 29.2 Å². The highest BCUT2D eigenvalue weighted by Gasteiger charge is 2.47. The molecule has 172 valence electrons. The Hall–Kier alpha value is -2.61. The summed E-state index contributed by atoms with van der Waals surface area (Å²) >= 11 is 5.82. The molecule has 0 unspecified atom stereocenters. The Morgan fingerprint density at radius 3 is 2.31 bits per heavy atom. The molecule has 1 amide bonds. The number of anilines is 1. The maximum absolute atomic E-state index is 14.5. The number of carbonyl (C=O) groups excluding carboxylic acids is 2. The molecule has 0 aromatic heterocycles. The smallest absolute Gasteiger partial charge is 0.392 e. The summed E-state index contributed by atoms with van der Waals surface area (Å²) in [5.74, 6) is -5.84. The molecule has 32 heavy (non-hydrogen) atoms. The second-order valence-electron chi connectivity index (χ2n) is 8.10. The van der Waals surface area contributed by atoms with Gasteiger partial charge in [-0.25, -0.2) is 4.39 Å². The first-order valence-corrected chi connectivity index (χ1v) is 10.4. The molecule has 1 saturated carbocycles. The van der Waals surface area contributed by atoms with Gasteiger partial charge in [0.1, 0.15) is 12.4 Å². The molecule has 9 heteroatoms. The number of carbonyl (C=O) groups is 2. The quantitative estimate of drug-likeness (QED) is 0.398. The van der Waals surface area contributed by atoms with Crippen molar-refractivity contribution in [2.75, 3.05) is 11.9 Å². The van der Waals surface area contributed by atoms with Gasteiger partial charge in [0.2, 0.25) is 5.91 Å². The van der Waals surface area contributed by atoms with E-state index in [9.17, 15) is 27.2 Å². The number of ether oxygens (including phenoxy) is 1. The number of amides is 1. The van der Waals surface area contributed by atoms with E-state index in [2.05, 4.69) is 5.32 Å². The Kier molecular flexibility index (Phi) is 6.83. The van der Waals surface area contributed by atoms with E-state index in [1.54, 1.807) is 0 Å². The molecule has 3 rings (SSSR count). The van der Waals surface area contributed by atoms with Crippen molar-refractivity contribution in [1.82, 2.24) is 0 Å². The van der Waals surface area contributed by atoms with E-state index >= 15 is 0 Å². The van der Waals surface area contributed by atoms with Gasteiger partial charge in [-0.05, 0) is 48.2 Å². The predicted octanol–water partition coefficient (Wildman–Crippen LogP) is 5.99. The van der Waals surface area contributed by atoms with Gasteiger partial charge in [0.05, 0.1) is 17.5 Å². The van der Waals surface area contributed by atoms with E-state index in [4.69, 9.17) is 16.3 Å². The van der Waals surface area contributed by atoms with Crippen LogP contribution in [0.1, 0.15) is 43.7 Å². The fourth-order valence-electron chi connectivity index (χ4n) is 3.59. The molecular formula is C23H22ClF4NO3. The lowest BCUT2D eigenvalue weighted by atomic mass is 9.85. The van der Waals surface area contributed by atoms with Gasteiger partial charge in [0.15, 0.2) is 0 Å². The summed E-state index contributed by atoms with van der Waals surface area (Å²) in [7, 11) is 0. The second kappa shape index (κ2) is 9.10. The van der Waals surface area contributed by atoms with E-state index in [1.165, 1.54) is 43.3 Å². The van der Waals surface area contributed by atoms with Crippen LogP contribution in [0.15, 0.2) is 42.5 Å². The third kappa shape index (κ3) is 5.41. The predicted molar refractivity (Wildman–Crippen MR) is 112 cm³/mol. The van der Waals surface area contributed by atoms with Crippen LogP contribution in [0, 0.1) is 11.7 Å². The number of halogens is 5. The van der Waals surface area contributed by atoms with Gasteiger partial charge in [0.25, 0.3) is 0 Å². The molecule has 2 aromatic rings. The number of alkyl halides is 3. The maximum Gasteiger partial charge on any atom is 0.392 e. The van der Waals surface area contributed by atoms with Gasteiger partial charge in [-0.15, -0.1) is 0 Å². The Labute approximate surface area is 187 Å². The summed E-state index contributed by atoms with van der Waals surface area (Å²) in [6, 6.07) is 9.54. The number of benzene rings is 2. The van der Waals surface area contributed by atoms with Crippen molar-refractivity contribution < 1.29 is 31.9 Å². The molecule has 1 aliphatic rings. The van der Waals surface area contributed by atoms with Crippen LogP contribution in [0.2, 0.25) is 5.02 Å². The summed E-state index contributed by atoms with van der Waals surface area (Å²) in [6.45, 7) is 2.30. The fraction of sp³-hybridized carbons (Fsp3) is 0.391. The van der Waals surface area contributed by atoms with Crippen LogP contribution >= 0.6 is 11.6 Å². The lowest BCUT2D eigenvalue weighted by molar-refractivity contribution is -0.178. The summed E-state index contributed by atoms with van der Waals surface area (Å²) in [5.41, 5.74) is 0.0485. The molecule has 1 fully saturated rings. The van der Waals surface area contributed by atoms with Crippen molar-refractivity contribution in [2.24, 2.45) is 5.92 Å². The maximum atomic E-state index is 14.5. The Balaban J connectivity index is 1.89. The van der Waals surface area contributed by atoms with E-state index in [0.29, 0.717) is 23.4 Å². The molecule has 4 nitrogen and oxygen atoms in total. The van der Waals surface area contributed by atoms with E-state index < -0.39 is 41.1 Å². The van der Waals surface area contributed by atoms with Gasteiger partial charge in [-0.3, -0.25) is 9.59 Å². The molecule has 0 heterocycles. The first-order valence-electron chi connectivity index (χ1n) is 9.99. The molecule has 1 N–H and O–H groups in total. The molecular weight excluding hydrogens is 450 g/mol. The normalized spacial score (nSPS) is 16.7. The highest BCUT2D eigenvalue weighted by Crippen LogP contribution is 2.49. The molecule has 0 radical (unpaired) electrons. The summed E-state index contributed by atoms with van der Waals surface area (Å²) in [6.07, 6.45) is -3.24. The average molecular weight is 472 g/mol. The first-order chi connectivity index (χ1) is 14.9. The minimum atomic E-state index is -4.65. The Morgan fingerprint density at radius 1 is 1.16 bits per heavy atom. The topological polar surface area (TPSA) is 55.4 Å². The number of hydrogen-bond acceptors (Lipinski definition) is 3. The highest BCUT2D eigenvalue weighted by molar-refractivity contribution is 6.30. The van der Waals surface area contributed by atoms with Gasteiger partial charge >= 0.3 is 12.1 Å². The minimum Gasteiger partial charge on any atom is -0.465 e. The molecule has 1 aliphatic carbocycles. The minimum absolute atomic E-state index is 0.111. The molecule has 0 bridgehead atoms. The summed E-state index contributed by atoms with van der Waals surface area (Å²) in [5, 5.41) is 2.64. The fourth-order valence-corrected chi connectivity index (χ4v) is 3.72. The average Bonchev–Trinajstić information content (AvgIpc) is 3.50. The third-order valence-electron chi connectivity index (χ3n) is 5.77. The van der Waals surface area contributed by atoms with Crippen LogP contribution in [0.25, 0.3) is 0 Å². The number of hydrogen-bond donors (Lipinski definition) is 1. The van der Waals surface area contributed by atoms with Crippen LogP contribution in [0.5, 0.6) is 0 Å². The third-order valence-corrected chi connectivity index (χ3v) is 6.02. The van der Waals surface area contributed by atoms with Gasteiger partial charge in [-0.1, -0.05) is 36.7 Å². The molecule has 2 aromatic carbocycles. The van der Waals surface area contributed by atoms with Gasteiger partial charge in [0, 0.05) is 17.4 Å². The number of rotatable bonds is 7. The monoisotopic (exact) mass is 471 g/mol. The van der Waals surface area contributed by atoms with Gasteiger partial charge < -0.3 is 10.1 Å². The zero-order valence-electron chi connectivity index (χ0n) is 17.4.